The molecular formula is C30H41N3O. The summed E-state index contributed by atoms with van der Waals surface area (Å²) >= 11 is 0. The van der Waals surface area contributed by atoms with Crippen molar-refractivity contribution >= 4 is 22.6 Å². The molecule has 1 amide bonds. The first kappa shape index (κ1) is 24.5. The summed E-state index contributed by atoms with van der Waals surface area (Å²) in [4.78, 5) is 20.0. The lowest BCUT2D eigenvalue weighted by Crippen LogP contribution is -2.25. The van der Waals surface area contributed by atoms with Crippen LogP contribution in [0.1, 0.15) is 94.0 Å². The van der Waals surface area contributed by atoms with Crippen LogP contribution in [0.25, 0.3) is 11.0 Å². The van der Waals surface area contributed by atoms with Crippen LogP contribution >= 0.6 is 0 Å². The van der Waals surface area contributed by atoms with E-state index in [-0.39, 0.29) is 11.8 Å². The molecule has 2 heterocycles. The summed E-state index contributed by atoms with van der Waals surface area (Å²) in [6, 6.07) is 14.8. The lowest BCUT2D eigenvalue weighted by molar-refractivity contribution is -0.117. The summed E-state index contributed by atoms with van der Waals surface area (Å²) in [6.45, 7) is 8.17. The molecule has 1 fully saturated rings. The number of rotatable bonds is 12. The van der Waals surface area contributed by atoms with Gasteiger partial charge in [0.15, 0.2) is 0 Å². The maximum Gasteiger partial charge on any atom is 0.227 e. The fourth-order valence-electron chi connectivity index (χ4n) is 5.44. The Balaban J connectivity index is 1.42. The summed E-state index contributed by atoms with van der Waals surface area (Å²) in [7, 11) is 0. The zero-order valence-corrected chi connectivity index (χ0v) is 21.4. The molecular weight excluding hydrogens is 418 g/mol. The predicted molar refractivity (Wildman–Crippen MR) is 143 cm³/mol. The van der Waals surface area contributed by atoms with Gasteiger partial charge in [0.1, 0.15) is 5.82 Å². The molecule has 4 heteroatoms. The highest BCUT2D eigenvalue weighted by Crippen LogP contribution is 2.35. The lowest BCUT2D eigenvalue weighted by atomic mass is 10.1. The van der Waals surface area contributed by atoms with E-state index in [1.54, 1.807) is 0 Å². The summed E-state index contributed by atoms with van der Waals surface area (Å²) in [5, 5.41) is 0. The molecule has 4 nitrogen and oxygen atoms in total. The normalized spacial score (nSPS) is 16.1. The number of unbranched alkanes of at least 4 members (excludes halogenated alkanes) is 8. The molecule has 182 valence electrons. The Morgan fingerprint density at radius 1 is 0.912 bits per heavy atom. The van der Waals surface area contributed by atoms with Crippen molar-refractivity contribution in [2.45, 2.75) is 97.4 Å². The number of benzene rings is 2. The van der Waals surface area contributed by atoms with E-state index < -0.39 is 0 Å². The molecule has 1 saturated heterocycles. The summed E-state index contributed by atoms with van der Waals surface area (Å²) in [6.07, 6.45) is 12.5. The van der Waals surface area contributed by atoms with Gasteiger partial charge in [0.05, 0.1) is 11.0 Å². The number of imidazole rings is 1. The van der Waals surface area contributed by atoms with Gasteiger partial charge in [-0.2, -0.15) is 0 Å². The van der Waals surface area contributed by atoms with Crippen LogP contribution in [0.2, 0.25) is 0 Å². The van der Waals surface area contributed by atoms with Gasteiger partial charge in [-0.3, -0.25) is 4.79 Å². The summed E-state index contributed by atoms with van der Waals surface area (Å²) in [5.41, 5.74) is 5.68. The Morgan fingerprint density at radius 2 is 1.62 bits per heavy atom. The molecule has 1 atom stereocenters. The van der Waals surface area contributed by atoms with E-state index in [9.17, 15) is 4.79 Å². The monoisotopic (exact) mass is 459 g/mol. The number of carbonyl (C=O) groups is 1. The molecule has 4 rings (SSSR count). The minimum Gasteiger partial charge on any atom is -0.328 e. The quantitative estimate of drug-likeness (QED) is 0.260. The summed E-state index contributed by atoms with van der Waals surface area (Å²) in [5.74, 6) is 1.43. The minimum absolute atomic E-state index is 0.138. The third-order valence-corrected chi connectivity index (χ3v) is 7.30. The van der Waals surface area contributed by atoms with Crippen LogP contribution in [-0.4, -0.2) is 22.0 Å². The third-order valence-electron chi connectivity index (χ3n) is 7.30. The van der Waals surface area contributed by atoms with Crippen LogP contribution in [0.15, 0.2) is 42.5 Å². The van der Waals surface area contributed by atoms with Gasteiger partial charge in [-0.05, 0) is 44.0 Å². The molecule has 1 aliphatic rings. The first-order chi connectivity index (χ1) is 16.6. The molecule has 0 saturated carbocycles. The molecule has 2 aromatic carbocycles. The van der Waals surface area contributed by atoms with Crippen molar-refractivity contribution in [2.75, 3.05) is 11.4 Å². The Hall–Kier alpha value is -2.62. The Bertz CT molecular complexity index is 1100. The largest absolute Gasteiger partial charge is 0.328 e. The molecule has 1 aliphatic heterocycles. The second-order valence-electron chi connectivity index (χ2n) is 10.1. The van der Waals surface area contributed by atoms with E-state index in [0.29, 0.717) is 13.0 Å². The number of amides is 1. The third kappa shape index (κ3) is 5.71. The highest BCUT2D eigenvalue weighted by molar-refractivity contribution is 5.97. The minimum atomic E-state index is 0.138. The van der Waals surface area contributed by atoms with Crippen molar-refractivity contribution in [1.29, 1.82) is 0 Å². The SMILES string of the molecule is CCCCCCCCCCCn1c(C2CC(=O)N(c3ccc(C)cc3C)C2)nc2ccccc21. The number of anilines is 1. The standard InChI is InChI=1S/C30H41N3O/c1-4-5-6-7-8-9-10-11-14-19-32-28-16-13-12-15-26(28)31-30(32)25-21-29(34)33(22-25)27-18-17-23(2)20-24(27)3/h12-13,15-18,20,25H,4-11,14,19,21-22H2,1-3H3. The van der Waals surface area contributed by atoms with Gasteiger partial charge >= 0.3 is 0 Å². The average Bonchev–Trinajstić information content (AvgIpc) is 3.38. The number of para-hydroxylation sites is 2. The first-order valence-electron chi connectivity index (χ1n) is 13.4. The van der Waals surface area contributed by atoms with E-state index in [2.05, 4.69) is 67.8 Å². The number of hydrogen-bond acceptors (Lipinski definition) is 2. The van der Waals surface area contributed by atoms with Crippen molar-refractivity contribution in [3.8, 4) is 0 Å². The second kappa shape index (κ2) is 11.7. The van der Waals surface area contributed by atoms with Crippen molar-refractivity contribution < 1.29 is 4.79 Å². The first-order valence-corrected chi connectivity index (χ1v) is 13.4. The number of hydrogen-bond donors (Lipinski definition) is 0. The zero-order valence-electron chi connectivity index (χ0n) is 21.4. The Morgan fingerprint density at radius 3 is 2.35 bits per heavy atom. The van der Waals surface area contributed by atoms with E-state index >= 15 is 0 Å². The topological polar surface area (TPSA) is 38.1 Å². The second-order valence-corrected chi connectivity index (χ2v) is 10.1. The van der Waals surface area contributed by atoms with Crippen molar-refractivity contribution in [1.82, 2.24) is 9.55 Å². The van der Waals surface area contributed by atoms with E-state index in [4.69, 9.17) is 4.98 Å². The molecule has 34 heavy (non-hydrogen) atoms. The van der Waals surface area contributed by atoms with E-state index in [1.165, 1.54) is 68.9 Å². The molecule has 0 spiro atoms. The van der Waals surface area contributed by atoms with Crippen molar-refractivity contribution in [3.63, 3.8) is 0 Å². The summed E-state index contributed by atoms with van der Waals surface area (Å²) < 4.78 is 2.40. The molecule has 1 unspecified atom stereocenters. The fraction of sp³-hybridized carbons (Fsp3) is 0.533. The smallest absolute Gasteiger partial charge is 0.227 e. The van der Waals surface area contributed by atoms with Crippen LogP contribution in [0.5, 0.6) is 0 Å². The van der Waals surface area contributed by atoms with Gasteiger partial charge in [0.25, 0.3) is 0 Å². The molecule has 0 N–H and O–H groups in total. The maximum absolute atomic E-state index is 13.0. The van der Waals surface area contributed by atoms with Gasteiger partial charge in [-0.15, -0.1) is 0 Å². The highest BCUT2D eigenvalue weighted by Gasteiger charge is 2.35. The van der Waals surface area contributed by atoms with Gasteiger partial charge < -0.3 is 9.47 Å². The van der Waals surface area contributed by atoms with Crippen molar-refractivity contribution in [2.24, 2.45) is 0 Å². The van der Waals surface area contributed by atoms with Crippen LogP contribution in [0.4, 0.5) is 5.69 Å². The van der Waals surface area contributed by atoms with Crippen molar-refractivity contribution in [3.05, 3.63) is 59.4 Å². The average molecular weight is 460 g/mol. The van der Waals surface area contributed by atoms with Gasteiger partial charge in [0, 0.05) is 31.1 Å². The number of fused-ring (bicyclic) bond motifs is 1. The maximum atomic E-state index is 13.0. The molecule has 0 aliphatic carbocycles. The fourth-order valence-corrected chi connectivity index (χ4v) is 5.44. The van der Waals surface area contributed by atoms with Gasteiger partial charge in [0.2, 0.25) is 5.91 Å². The zero-order chi connectivity index (χ0) is 23.9. The van der Waals surface area contributed by atoms with Crippen LogP contribution < -0.4 is 4.90 Å². The molecule has 1 aromatic heterocycles. The number of carbonyl (C=O) groups excluding carboxylic acids is 1. The number of aryl methyl sites for hydroxylation is 3. The van der Waals surface area contributed by atoms with E-state index in [1.807, 2.05) is 4.90 Å². The molecule has 0 radical (unpaired) electrons. The lowest BCUT2D eigenvalue weighted by Gasteiger charge is -2.20. The van der Waals surface area contributed by atoms with E-state index in [0.717, 1.165) is 29.1 Å². The van der Waals surface area contributed by atoms with Gasteiger partial charge in [-0.25, -0.2) is 4.98 Å². The van der Waals surface area contributed by atoms with Gasteiger partial charge in [-0.1, -0.05) is 88.1 Å². The van der Waals surface area contributed by atoms with Crippen LogP contribution in [0.3, 0.4) is 0 Å². The van der Waals surface area contributed by atoms with Crippen LogP contribution in [-0.2, 0) is 11.3 Å². The number of aromatic nitrogens is 2. The molecule has 3 aromatic rings. The predicted octanol–water partition coefficient (Wildman–Crippen LogP) is 7.70. The Labute approximate surface area is 205 Å². The number of nitrogens with zero attached hydrogens (tertiary/aromatic N) is 3. The van der Waals surface area contributed by atoms with Crippen LogP contribution in [0, 0.1) is 13.8 Å². The molecule has 0 bridgehead atoms. The highest BCUT2D eigenvalue weighted by atomic mass is 16.2. The Kier molecular flexibility index (Phi) is 8.42.